The van der Waals surface area contributed by atoms with Gasteiger partial charge in [0.25, 0.3) is 0 Å². The van der Waals surface area contributed by atoms with E-state index in [1.807, 2.05) is 24.3 Å². The number of fused-ring (bicyclic) bond motifs is 1. The molecule has 1 aliphatic carbocycles. The molecular weight excluding hydrogens is 242 g/mol. The van der Waals surface area contributed by atoms with Crippen molar-refractivity contribution in [2.45, 2.75) is 38.5 Å². The van der Waals surface area contributed by atoms with Gasteiger partial charge in [-0.1, -0.05) is 12.1 Å². The van der Waals surface area contributed by atoms with Crippen LogP contribution in [0.4, 0.5) is 0 Å². The van der Waals surface area contributed by atoms with Crippen molar-refractivity contribution in [3.63, 3.8) is 0 Å². The van der Waals surface area contributed by atoms with Crippen molar-refractivity contribution in [2.75, 3.05) is 0 Å². The lowest BCUT2D eigenvalue weighted by Crippen LogP contribution is -2.30. The number of aliphatic hydroxyl groups is 1. The van der Waals surface area contributed by atoms with Gasteiger partial charge in [-0.3, -0.25) is 4.79 Å². The summed E-state index contributed by atoms with van der Waals surface area (Å²) >= 11 is 0. The van der Waals surface area contributed by atoms with E-state index >= 15 is 0 Å². The number of amides is 1. The Morgan fingerprint density at radius 3 is 2.95 bits per heavy atom. The molecule has 1 amide bonds. The highest BCUT2D eigenvalue weighted by molar-refractivity contribution is 5.81. The molecule has 0 saturated heterocycles. The monoisotopic (exact) mass is 259 g/mol. The Morgan fingerprint density at radius 1 is 1.53 bits per heavy atom. The van der Waals surface area contributed by atoms with E-state index in [0.717, 1.165) is 23.9 Å². The third-order valence-electron chi connectivity index (χ3n) is 3.30. The number of carbonyl (C=O) groups is 1. The predicted molar refractivity (Wildman–Crippen MR) is 71.5 cm³/mol. The second-order valence-electron chi connectivity index (χ2n) is 5.06. The van der Waals surface area contributed by atoms with Crippen LogP contribution in [0.5, 0.6) is 0 Å². The van der Waals surface area contributed by atoms with Gasteiger partial charge < -0.3 is 15.0 Å². The molecule has 1 aromatic carbocycles. The summed E-state index contributed by atoms with van der Waals surface area (Å²) in [4.78, 5) is 16.3. The summed E-state index contributed by atoms with van der Waals surface area (Å²) in [6, 6.07) is 7.95. The number of hydrogen-bond acceptors (Lipinski definition) is 3. The average molecular weight is 259 g/mol. The molecule has 1 fully saturated rings. The van der Waals surface area contributed by atoms with Gasteiger partial charge in [0.15, 0.2) is 0 Å². The standard InChI is InChI=1S/C14H17N3O2/c1-9(18)14-16-11-4-2-3-5-12(11)17(14)8-13(19)15-10-6-7-10/h2-5,9-10,18H,6-8H2,1H3,(H,15,19). The summed E-state index contributed by atoms with van der Waals surface area (Å²) in [6.07, 6.45) is 1.44. The topological polar surface area (TPSA) is 67.2 Å². The molecule has 0 bridgehead atoms. The molecule has 3 rings (SSSR count). The van der Waals surface area contributed by atoms with E-state index in [2.05, 4.69) is 10.3 Å². The first-order valence-corrected chi connectivity index (χ1v) is 6.58. The van der Waals surface area contributed by atoms with Gasteiger partial charge in [0.2, 0.25) is 5.91 Å². The van der Waals surface area contributed by atoms with Crippen molar-refractivity contribution in [1.82, 2.24) is 14.9 Å². The molecule has 1 heterocycles. The highest BCUT2D eigenvalue weighted by Gasteiger charge is 2.24. The zero-order valence-electron chi connectivity index (χ0n) is 10.8. The van der Waals surface area contributed by atoms with Gasteiger partial charge in [-0.05, 0) is 31.9 Å². The molecule has 2 N–H and O–H groups in total. The quantitative estimate of drug-likeness (QED) is 0.871. The third-order valence-corrected chi connectivity index (χ3v) is 3.30. The zero-order valence-corrected chi connectivity index (χ0v) is 10.8. The van der Waals surface area contributed by atoms with Crippen LogP contribution >= 0.6 is 0 Å². The van der Waals surface area contributed by atoms with Gasteiger partial charge in [-0.25, -0.2) is 4.98 Å². The van der Waals surface area contributed by atoms with Crippen LogP contribution in [-0.2, 0) is 11.3 Å². The second-order valence-corrected chi connectivity index (χ2v) is 5.06. The molecule has 0 radical (unpaired) electrons. The number of rotatable bonds is 4. The Hall–Kier alpha value is -1.88. The molecule has 5 nitrogen and oxygen atoms in total. The molecule has 1 saturated carbocycles. The lowest BCUT2D eigenvalue weighted by molar-refractivity contribution is -0.121. The highest BCUT2D eigenvalue weighted by atomic mass is 16.3. The van der Waals surface area contributed by atoms with E-state index < -0.39 is 6.10 Å². The molecule has 5 heteroatoms. The number of benzene rings is 1. The number of nitrogens with one attached hydrogen (secondary N) is 1. The average Bonchev–Trinajstić information content (AvgIpc) is 3.10. The number of aliphatic hydroxyl groups excluding tert-OH is 1. The maximum absolute atomic E-state index is 11.9. The first-order chi connectivity index (χ1) is 9.15. The molecule has 0 spiro atoms. The largest absolute Gasteiger partial charge is 0.385 e. The summed E-state index contributed by atoms with van der Waals surface area (Å²) in [6.45, 7) is 1.87. The number of imidazole rings is 1. The van der Waals surface area contributed by atoms with Crippen LogP contribution in [0.15, 0.2) is 24.3 Å². The van der Waals surface area contributed by atoms with Crippen molar-refractivity contribution < 1.29 is 9.90 Å². The van der Waals surface area contributed by atoms with Crippen LogP contribution in [0.1, 0.15) is 31.7 Å². The lowest BCUT2D eigenvalue weighted by Gasteiger charge is -2.10. The summed E-state index contributed by atoms with van der Waals surface area (Å²) in [5.41, 5.74) is 1.68. The Kier molecular flexibility index (Phi) is 2.98. The SMILES string of the molecule is CC(O)c1nc2ccccc2n1CC(=O)NC1CC1. The van der Waals surface area contributed by atoms with Gasteiger partial charge in [-0.15, -0.1) is 0 Å². The smallest absolute Gasteiger partial charge is 0.240 e. The third kappa shape index (κ3) is 2.46. The number of hydrogen-bond donors (Lipinski definition) is 2. The van der Waals surface area contributed by atoms with Gasteiger partial charge in [0.1, 0.15) is 18.5 Å². The summed E-state index contributed by atoms with van der Waals surface area (Å²) in [7, 11) is 0. The number of aromatic nitrogens is 2. The minimum atomic E-state index is -0.693. The van der Waals surface area contributed by atoms with E-state index in [9.17, 15) is 9.90 Å². The highest BCUT2D eigenvalue weighted by Crippen LogP contribution is 2.21. The van der Waals surface area contributed by atoms with Crippen molar-refractivity contribution in [3.05, 3.63) is 30.1 Å². The van der Waals surface area contributed by atoms with Crippen molar-refractivity contribution >= 4 is 16.9 Å². The van der Waals surface area contributed by atoms with Crippen LogP contribution < -0.4 is 5.32 Å². The van der Waals surface area contributed by atoms with Crippen LogP contribution in [0.25, 0.3) is 11.0 Å². The first kappa shape index (κ1) is 12.2. The minimum Gasteiger partial charge on any atom is -0.385 e. The fraction of sp³-hybridized carbons (Fsp3) is 0.429. The molecule has 100 valence electrons. The Bertz CT molecular complexity index is 614. The van der Waals surface area contributed by atoms with E-state index in [4.69, 9.17) is 0 Å². The number of nitrogens with zero attached hydrogens (tertiary/aromatic N) is 2. The van der Waals surface area contributed by atoms with Gasteiger partial charge in [-0.2, -0.15) is 0 Å². The van der Waals surface area contributed by atoms with E-state index in [0.29, 0.717) is 11.9 Å². The molecule has 1 atom stereocenters. The molecule has 0 aliphatic heterocycles. The molecular formula is C14H17N3O2. The fourth-order valence-corrected chi connectivity index (χ4v) is 2.22. The maximum Gasteiger partial charge on any atom is 0.240 e. The minimum absolute atomic E-state index is 0.0208. The Labute approximate surface area is 111 Å². The van der Waals surface area contributed by atoms with Gasteiger partial charge >= 0.3 is 0 Å². The zero-order chi connectivity index (χ0) is 13.4. The summed E-state index contributed by atoms with van der Waals surface area (Å²) in [5, 5.41) is 12.8. The molecule has 19 heavy (non-hydrogen) atoms. The van der Waals surface area contributed by atoms with Crippen LogP contribution in [0.2, 0.25) is 0 Å². The number of carbonyl (C=O) groups excluding carboxylic acids is 1. The Morgan fingerprint density at radius 2 is 2.26 bits per heavy atom. The lowest BCUT2D eigenvalue weighted by atomic mass is 10.3. The Balaban J connectivity index is 1.94. The van der Waals surface area contributed by atoms with Crippen molar-refractivity contribution in [3.8, 4) is 0 Å². The fourth-order valence-electron chi connectivity index (χ4n) is 2.22. The molecule has 1 aliphatic rings. The van der Waals surface area contributed by atoms with E-state index in [1.54, 1.807) is 11.5 Å². The molecule has 1 aromatic heterocycles. The number of para-hydroxylation sites is 2. The van der Waals surface area contributed by atoms with Gasteiger partial charge in [0.05, 0.1) is 11.0 Å². The maximum atomic E-state index is 11.9. The first-order valence-electron chi connectivity index (χ1n) is 6.58. The normalized spacial score (nSPS) is 16.5. The molecule has 1 unspecified atom stereocenters. The van der Waals surface area contributed by atoms with E-state index in [-0.39, 0.29) is 12.5 Å². The van der Waals surface area contributed by atoms with Crippen molar-refractivity contribution in [1.29, 1.82) is 0 Å². The summed E-state index contributed by atoms with van der Waals surface area (Å²) in [5.74, 6) is 0.514. The summed E-state index contributed by atoms with van der Waals surface area (Å²) < 4.78 is 1.79. The van der Waals surface area contributed by atoms with E-state index in [1.165, 1.54) is 0 Å². The van der Waals surface area contributed by atoms with Crippen LogP contribution in [-0.4, -0.2) is 26.6 Å². The predicted octanol–water partition coefficient (Wildman–Crippen LogP) is 1.37. The van der Waals surface area contributed by atoms with Crippen LogP contribution in [0, 0.1) is 0 Å². The van der Waals surface area contributed by atoms with Gasteiger partial charge in [0, 0.05) is 6.04 Å². The van der Waals surface area contributed by atoms with Crippen LogP contribution in [0.3, 0.4) is 0 Å². The molecule has 2 aromatic rings. The van der Waals surface area contributed by atoms with Crippen molar-refractivity contribution in [2.24, 2.45) is 0 Å². The second kappa shape index (κ2) is 4.66.